The molecule has 2 aromatic rings. The van der Waals surface area contributed by atoms with Gasteiger partial charge in [-0.25, -0.2) is 9.37 Å². The Hall–Kier alpha value is -2.88. The molecule has 2 rings (SSSR count). The van der Waals surface area contributed by atoms with E-state index in [9.17, 15) is 24.6 Å². The maximum atomic E-state index is 13.7. The Labute approximate surface area is 120 Å². The number of rotatable bonds is 4. The standard InChI is InChI=1S/C10H4ClFN4O5/c11-10-13-4-7(16(19)20)9(14-10)21-8-2-1-5(15(17)18)3-6(8)12/h1-4H. The summed E-state index contributed by atoms with van der Waals surface area (Å²) in [5.41, 5.74) is -1.12. The second-order valence-electron chi connectivity index (χ2n) is 3.56. The molecule has 0 aliphatic rings. The van der Waals surface area contributed by atoms with Gasteiger partial charge in [-0.1, -0.05) is 0 Å². The zero-order valence-electron chi connectivity index (χ0n) is 9.90. The molecule has 1 aromatic heterocycles. The van der Waals surface area contributed by atoms with Crippen molar-refractivity contribution in [2.24, 2.45) is 0 Å². The lowest BCUT2D eigenvalue weighted by molar-refractivity contribution is -0.386. The van der Waals surface area contributed by atoms with Crippen molar-refractivity contribution in [3.63, 3.8) is 0 Å². The van der Waals surface area contributed by atoms with Gasteiger partial charge in [-0.3, -0.25) is 20.2 Å². The molecule has 0 radical (unpaired) electrons. The van der Waals surface area contributed by atoms with Crippen molar-refractivity contribution in [2.45, 2.75) is 0 Å². The summed E-state index contributed by atoms with van der Waals surface area (Å²) in [4.78, 5) is 26.5. The van der Waals surface area contributed by atoms with E-state index in [2.05, 4.69) is 9.97 Å². The normalized spacial score (nSPS) is 10.2. The van der Waals surface area contributed by atoms with Crippen molar-refractivity contribution in [1.82, 2.24) is 9.97 Å². The molecular weight excluding hydrogens is 311 g/mol. The Balaban J connectivity index is 2.40. The van der Waals surface area contributed by atoms with Gasteiger partial charge in [-0.2, -0.15) is 4.98 Å². The van der Waals surface area contributed by atoms with Crippen LogP contribution in [0.4, 0.5) is 15.8 Å². The van der Waals surface area contributed by atoms with E-state index in [1.807, 2.05) is 0 Å². The highest BCUT2D eigenvalue weighted by Gasteiger charge is 2.21. The van der Waals surface area contributed by atoms with Crippen molar-refractivity contribution < 1.29 is 19.0 Å². The number of aromatic nitrogens is 2. The lowest BCUT2D eigenvalue weighted by atomic mass is 10.3. The van der Waals surface area contributed by atoms with E-state index in [0.29, 0.717) is 6.07 Å². The van der Waals surface area contributed by atoms with Gasteiger partial charge in [0.2, 0.25) is 5.28 Å². The molecule has 0 aliphatic carbocycles. The molecule has 0 fully saturated rings. The van der Waals surface area contributed by atoms with Crippen LogP contribution in [0.1, 0.15) is 0 Å². The summed E-state index contributed by atoms with van der Waals surface area (Å²) in [5.74, 6) is -2.13. The fourth-order valence-corrected chi connectivity index (χ4v) is 1.46. The summed E-state index contributed by atoms with van der Waals surface area (Å²) in [5, 5.41) is 20.9. The van der Waals surface area contributed by atoms with Gasteiger partial charge in [0.25, 0.3) is 5.69 Å². The van der Waals surface area contributed by atoms with Crippen molar-refractivity contribution in [2.75, 3.05) is 0 Å². The van der Waals surface area contributed by atoms with Crippen LogP contribution in [0.3, 0.4) is 0 Å². The fraction of sp³-hybridized carbons (Fsp3) is 0. The Bertz CT molecular complexity index is 741. The largest absolute Gasteiger partial charge is 0.430 e. The van der Waals surface area contributed by atoms with Crippen LogP contribution < -0.4 is 4.74 Å². The molecule has 0 atom stereocenters. The summed E-state index contributed by atoms with van der Waals surface area (Å²) in [6.45, 7) is 0. The van der Waals surface area contributed by atoms with E-state index in [1.54, 1.807) is 0 Å². The van der Waals surface area contributed by atoms with Gasteiger partial charge in [-0.15, -0.1) is 0 Å². The Kier molecular flexibility index (Phi) is 3.89. The van der Waals surface area contributed by atoms with Crippen LogP contribution in [0.15, 0.2) is 24.4 Å². The van der Waals surface area contributed by atoms with Gasteiger partial charge in [0.15, 0.2) is 11.6 Å². The van der Waals surface area contributed by atoms with Crippen molar-refractivity contribution in [1.29, 1.82) is 0 Å². The van der Waals surface area contributed by atoms with E-state index in [0.717, 1.165) is 18.3 Å². The quantitative estimate of drug-likeness (QED) is 0.483. The first-order chi connectivity index (χ1) is 9.88. The zero-order chi connectivity index (χ0) is 15.6. The molecule has 108 valence electrons. The smallest absolute Gasteiger partial charge is 0.349 e. The average Bonchev–Trinajstić information content (AvgIpc) is 2.40. The van der Waals surface area contributed by atoms with Crippen LogP contribution in [-0.2, 0) is 0 Å². The highest BCUT2D eigenvalue weighted by atomic mass is 35.5. The molecule has 11 heteroatoms. The molecule has 1 aromatic carbocycles. The van der Waals surface area contributed by atoms with Gasteiger partial charge < -0.3 is 4.74 Å². The van der Waals surface area contributed by atoms with E-state index >= 15 is 0 Å². The second-order valence-corrected chi connectivity index (χ2v) is 3.90. The maximum Gasteiger partial charge on any atom is 0.349 e. The Morgan fingerprint density at radius 1 is 1.24 bits per heavy atom. The highest BCUT2D eigenvalue weighted by Crippen LogP contribution is 2.32. The topological polar surface area (TPSA) is 121 Å². The maximum absolute atomic E-state index is 13.7. The highest BCUT2D eigenvalue weighted by molar-refractivity contribution is 6.28. The molecular formula is C10H4ClFN4O5. The molecule has 0 amide bonds. The third kappa shape index (κ3) is 3.17. The summed E-state index contributed by atoms with van der Waals surface area (Å²) in [6.07, 6.45) is 0.800. The minimum Gasteiger partial charge on any atom is -0.430 e. The van der Waals surface area contributed by atoms with E-state index < -0.39 is 38.7 Å². The molecule has 0 unspecified atom stereocenters. The van der Waals surface area contributed by atoms with Gasteiger partial charge >= 0.3 is 11.6 Å². The second kappa shape index (κ2) is 5.63. The summed E-state index contributed by atoms with van der Waals surface area (Å²) in [7, 11) is 0. The zero-order valence-corrected chi connectivity index (χ0v) is 10.7. The van der Waals surface area contributed by atoms with Crippen molar-refractivity contribution >= 4 is 23.0 Å². The van der Waals surface area contributed by atoms with Crippen LogP contribution in [0, 0.1) is 26.0 Å². The average molecular weight is 315 g/mol. The summed E-state index contributed by atoms with van der Waals surface area (Å²) >= 11 is 5.49. The molecule has 0 saturated heterocycles. The molecule has 9 nitrogen and oxygen atoms in total. The van der Waals surface area contributed by atoms with E-state index in [1.165, 1.54) is 0 Å². The minimum absolute atomic E-state index is 0.335. The van der Waals surface area contributed by atoms with Gasteiger partial charge in [0.05, 0.1) is 15.9 Å². The van der Waals surface area contributed by atoms with Gasteiger partial charge in [0, 0.05) is 6.07 Å². The van der Waals surface area contributed by atoms with Crippen LogP contribution in [-0.4, -0.2) is 19.8 Å². The lowest BCUT2D eigenvalue weighted by Gasteiger charge is -2.05. The Morgan fingerprint density at radius 2 is 1.95 bits per heavy atom. The predicted octanol–water partition coefficient (Wildman–Crippen LogP) is 2.88. The molecule has 0 N–H and O–H groups in total. The number of hydrogen-bond acceptors (Lipinski definition) is 7. The SMILES string of the molecule is O=[N+]([O-])c1ccc(Oc2nc(Cl)ncc2[N+](=O)[O-])c(F)c1. The summed E-state index contributed by atoms with van der Waals surface area (Å²) < 4.78 is 18.6. The van der Waals surface area contributed by atoms with Gasteiger partial charge in [-0.05, 0) is 17.7 Å². The fourth-order valence-electron chi connectivity index (χ4n) is 1.33. The minimum atomic E-state index is -1.08. The van der Waals surface area contributed by atoms with Crippen LogP contribution in [0.25, 0.3) is 0 Å². The van der Waals surface area contributed by atoms with Crippen LogP contribution in [0.2, 0.25) is 5.28 Å². The number of nitro groups is 2. The monoisotopic (exact) mass is 314 g/mol. The third-order valence-electron chi connectivity index (χ3n) is 2.24. The number of nitrogens with zero attached hydrogens (tertiary/aromatic N) is 4. The third-order valence-corrected chi connectivity index (χ3v) is 2.42. The molecule has 0 saturated carbocycles. The van der Waals surface area contributed by atoms with Gasteiger partial charge in [0.1, 0.15) is 6.20 Å². The molecule has 0 bridgehead atoms. The Morgan fingerprint density at radius 3 is 2.52 bits per heavy atom. The van der Waals surface area contributed by atoms with Crippen molar-refractivity contribution in [3.05, 3.63) is 55.7 Å². The first-order valence-electron chi connectivity index (χ1n) is 5.17. The van der Waals surface area contributed by atoms with Crippen LogP contribution in [0.5, 0.6) is 11.6 Å². The predicted molar refractivity (Wildman–Crippen MR) is 66.8 cm³/mol. The van der Waals surface area contributed by atoms with Crippen LogP contribution >= 0.6 is 11.6 Å². The molecule has 21 heavy (non-hydrogen) atoms. The number of non-ortho nitro benzene ring substituents is 1. The summed E-state index contributed by atoms with van der Waals surface area (Å²) in [6, 6.07) is 2.55. The molecule has 0 spiro atoms. The van der Waals surface area contributed by atoms with E-state index in [4.69, 9.17) is 16.3 Å². The first-order valence-corrected chi connectivity index (χ1v) is 5.55. The van der Waals surface area contributed by atoms with E-state index in [-0.39, 0.29) is 5.28 Å². The van der Waals surface area contributed by atoms with Crippen molar-refractivity contribution in [3.8, 4) is 11.6 Å². The number of ether oxygens (including phenoxy) is 1. The number of halogens is 2. The number of hydrogen-bond donors (Lipinski definition) is 0. The lowest BCUT2D eigenvalue weighted by Crippen LogP contribution is -1.99. The first kappa shape index (κ1) is 14.5. The number of benzene rings is 1. The number of nitro benzene ring substituents is 1. The molecule has 1 heterocycles. The molecule has 0 aliphatic heterocycles.